The first kappa shape index (κ1) is 18.7. The van der Waals surface area contributed by atoms with Gasteiger partial charge in [0.2, 0.25) is 0 Å². The van der Waals surface area contributed by atoms with E-state index in [0.29, 0.717) is 4.90 Å². The van der Waals surface area contributed by atoms with Gasteiger partial charge in [-0.3, -0.25) is 9.00 Å². The molecule has 5 nitrogen and oxygen atoms in total. The number of rotatable bonds is 7. The Bertz CT molecular complexity index is 798. The molecule has 0 saturated carbocycles. The maximum absolute atomic E-state index is 13.6. The van der Waals surface area contributed by atoms with Crippen LogP contribution in [-0.2, 0) is 15.6 Å². The van der Waals surface area contributed by atoms with Crippen LogP contribution in [0.3, 0.4) is 0 Å². The fourth-order valence-corrected chi connectivity index (χ4v) is 3.23. The van der Waals surface area contributed by atoms with Gasteiger partial charge in [-0.05, 0) is 30.7 Å². The summed E-state index contributed by atoms with van der Waals surface area (Å²) >= 11 is 0. The molecule has 2 atom stereocenters. The molecular weight excluding hydrogens is 352 g/mol. The van der Waals surface area contributed by atoms with Crippen LogP contribution < -0.4 is 5.32 Å². The number of nitrogens with one attached hydrogen (secondary N) is 1. The second-order valence-corrected chi connectivity index (χ2v) is 6.69. The first-order valence-corrected chi connectivity index (χ1v) is 8.63. The van der Waals surface area contributed by atoms with Gasteiger partial charge in [-0.2, -0.15) is 0 Å². The number of amides is 1. The summed E-state index contributed by atoms with van der Waals surface area (Å²) in [7, 11) is -1.44. The van der Waals surface area contributed by atoms with E-state index in [2.05, 4.69) is 5.32 Å². The van der Waals surface area contributed by atoms with Gasteiger partial charge in [0, 0.05) is 10.6 Å². The van der Waals surface area contributed by atoms with Gasteiger partial charge in [-0.15, -0.1) is 0 Å². The molecule has 132 valence electrons. The number of hydrogen-bond donors (Lipinski definition) is 2. The Hall–Kier alpha value is -2.61. The Kier molecular flexibility index (Phi) is 6.35. The Balaban J connectivity index is 2.03. The highest BCUT2D eigenvalue weighted by molar-refractivity contribution is 7.85. The summed E-state index contributed by atoms with van der Waals surface area (Å²) in [5.74, 6) is -4.96. The second kappa shape index (κ2) is 8.48. The largest absolute Gasteiger partial charge is 0.480 e. The minimum atomic E-state index is -1.44. The van der Waals surface area contributed by atoms with Gasteiger partial charge in [0.05, 0.1) is 16.4 Å². The maximum Gasteiger partial charge on any atom is 0.326 e. The number of aliphatic carboxylic acids is 1. The zero-order valence-electron chi connectivity index (χ0n) is 12.9. The molecule has 2 aromatic carbocycles. The van der Waals surface area contributed by atoms with Crippen LogP contribution in [0.4, 0.5) is 8.78 Å². The van der Waals surface area contributed by atoms with Crippen LogP contribution >= 0.6 is 0 Å². The third kappa shape index (κ3) is 4.93. The predicted molar refractivity (Wildman–Crippen MR) is 87.6 cm³/mol. The van der Waals surface area contributed by atoms with Crippen LogP contribution in [0.15, 0.2) is 53.4 Å². The molecule has 0 unspecified atom stereocenters. The van der Waals surface area contributed by atoms with Crippen molar-refractivity contribution >= 4 is 22.7 Å². The summed E-state index contributed by atoms with van der Waals surface area (Å²) in [6.07, 6.45) is -0.125. The minimum Gasteiger partial charge on any atom is -0.480 e. The van der Waals surface area contributed by atoms with Crippen molar-refractivity contribution in [2.75, 3.05) is 5.75 Å². The standard InChI is InChI=1S/C17H15F2NO4S/c18-13-8-4-7-12(15(13)19)16(21)20-14(17(22)23)9-10-25(24)11-5-2-1-3-6-11/h1-8,14H,9-10H2,(H,20,21)(H,22,23)/t14-,25-/m0/s1. The van der Waals surface area contributed by atoms with Gasteiger partial charge >= 0.3 is 5.97 Å². The van der Waals surface area contributed by atoms with Gasteiger partial charge in [-0.25, -0.2) is 13.6 Å². The van der Waals surface area contributed by atoms with E-state index in [4.69, 9.17) is 0 Å². The molecule has 0 aliphatic rings. The second-order valence-electron chi connectivity index (χ2n) is 5.12. The van der Waals surface area contributed by atoms with Gasteiger partial charge < -0.3 is 10.4 Å². The third-order valence-electron chi connectivity index (χ3n) is 3.40. The number of carbonyl (C=O) groups excluding carboxylic acids is 1. The van der Waals surface area contributed by atoms with Crippen molar-refractivity contribution in [3.8, 4) is 0 Å². The molecule has 0 heterocycles. The Morgan fingerprint density at radius 2 is 1.76 bits per heavy atom. The summed E-state index contributed by atoms with van der Waals surface area (Å²) in [6, 6.07) is 10.1. The fourth-order valence-electron chi connectivity index (χ4n) is 2.09. The van der Waals surface area contributed by atoms with Crippen LogP contribution in [0, 0.1) is 11.6 Å². The predicted octanol–water partition coefficient (Wildman–Crippen LogP) is 2.35. The van der Waals surface area contributed by atoms with Crippen LogP contribution in [-0.4, -0.2) is 33.0 Å². The molecule has 8 heteroatoms. The summed E-state index contributed by atoms with van der Waals surface area (Å²) < 4.78 is 38.9. The lowest BCUT2D eigenvalue weighted by atomic mass is 10.1. The number of benzene rings is 2. The number of carboxylic acids is 1. The van der Waals surface area contributed by atoms with Gasteiger partial charge in [0.15, 0.2) is 11.6 Å². The molecule has 2 aromatic rings. The Morgan fingerprint density at radius 3 is 2.40 bits per heavy atom. The molecule has 0 bridgehead atoms. The van der Waals surface area contributed by atoms with Crippen molar-refractivity contribution in [2.45, 2.75) is 17.4 Å². The molecule has 0 aliphatic carbocycles. The highest BCUT2D eigenvalue weighted by atomic mass is 32.2. The summed E-state index contributed by atoms with van der Waals surface area (Å²) in [5.41, 5.74) is -0.588. The average Bonchev–Trinajstić information content (AvgIpc) is 2.61. The third-order valence-corrected chi connectivity index (χ3v) is 4.80. The van der Waals surface area contributed by atoms with E-state index in [-0.39, 0.29) is 12.2 Å². The lowest BCUT2D eigenvalue weighted by molar-refractivity contribution is -0.139. The lowest BCUT2D eigenvalue weighted by Gasteiger charge is -2.14. The van der Waals surface area contributed by atoms with E-state index in [1.807, 2.05) is 0 Å². The van der Waals surface area contributed by atoms with E-state index < -0.39 is 45.9 Å². The van der Waals surface area contributed by atoms with Crippen molar-refractivity contribution in [2.24, 2.45) is 0 Å². The van der Waals surface area contributed by atoms with Crippen molar-refractivity contribution in [1.29, 1.82) is 0 Å². The maximum atomic E-state index is 13.6. The van der Waals surface area contributed by atoms with E-state index >= 15 is 0 Å². The molecule has 1 amide bonds. The molecule has 0 fully saturated rings. The summed E-state index contributed by atoms with van der Waals surface area (Å²) in [5, 5.41) is 11.3. The quantitative estimate of drug-likeness (QED) is 0.787. The number of hydrogen-bond acceptors (Lipinski definition) is 3. The topological polar surface area (TPSA) is 83.5 Å². The van der Waals surface area contributed by atoms with Gasteiger partial charge in [0.1, 0.15) is 6.04 Å². The molecule has 0 saturated heterocycles. The first-order valence-electron chi connectivity index (χ1n) is 7.31. The molecule has 0 aromatic heterocycles. The van der Waals surface area contributed by atoms with E-state index in [1.54, 1.807) is 30.3 Å². The lowest BCUT2D eigenvalue weighted by Crippen LogP contribution is -2.42. The smallest absolute Gasteiger partial charge is 0.326 e. The molecule has 0 radical (unpaired) electrons. The van der Waals surface area contributed by atoms with Crippen LogP contribution in [0.5, 0.6) is 0 Å². The normalized spacial score (nSPS) is 13.0. The number of carbonyl (C=O) groups is 2. The van der Waals surface area contributed by atoms with Crippen molar-refractivity contribution < 1.29 is 27.7 Å². The molecule has 0 aliphatic heterocycles. The van der Waals surface area contributed by atoms with E-state index in [1.165, 1.54) is 0 Å². The zero-order chi connectivity index (χ0) is 18.4. The highest BCUT2D eigenvalue weighted by Gasteiger charge is 2.24. The van der Waals surface area contributed by atoms with E-state index in [0.717, 1.165) is 18.2 Å². The van der Waals surface area contributed by atoms with Crippen molar-refractivity contribution in [1.82, 2.24) is 5.32 Å². The minimum absolute atomic E-state index is 0.00705. The first-order chi connectivity index (χ1) is 11.9. The monoisotopic (exact) mass is 367 g/mol. The summed E-state index contributed by atoms with van der Waals surface area (Å²) in [4.78, 5) is 23.8. The SMILES string of the molecule is O=C(N[C@@H](CC[S@](=O)c1ccccc1)C(=O)O)c1cccc(F)c1F. The van der Waals surface area contributed by atoms with Crippen LogP contribution in [0.25, 0.3) is 0 Å². The Labute approximate surface area is 145 Å². The van der Waals surface area contributed by atoms with Gasteiger partial charge in [0.25, 0.3) is 5.91 Å². The number of carboxylic acid groups (broad SMARTS) is 1. The summed E-state index contributed by atoms with van der Waals surface area (Å²) in [6.45, 7) is 0. The van der Waals surface area contributed by atoms with E-state index in [9.17, 15) is 27.7 Å². The molecule has 2 rings (SSSR count). The Morgan fingerprint density at radius 1 is 1.08 bits per heavy atom. The molecule has 0 spiro atoms. The highest BCUT2D eigenvalue weighted by Crippen LogP contribution is 2.12. The fraction of sp³-hybridized carbons (Fsp3) is 0.176. The molecule has 2 N–H and O–H groups in total. The average molecular weight is 367 g/mol. The van der Waals surface area contributed by atoms with Gasteiger partial charge in [-0.1, -0.05) is 24.3 Å². The number of halogens is 2. The van der Waals surface area contributed by atoms with Crippen LogP contribution in [0.2, 0.25) is 0 Å². The van der Waals surface area contributed by atoms with Crippen LogP contribution in [0.1, 0.15) is 16.8 Å². The molecule has 25 heavy (non-hydrogen) atoms. The van der Waals surface area contributed by atoms with Crippen molar-refractivity contribution in [3.05, 3.63) is 65.7 Å². The zero-order valence-corrected chi connectivity index (χ0v) is 13.8. The molecular formula is C17H15F2NO4S. The van der Waals surface area contributed by atoms with Crippen molar-refractivity contribution in [3.63, 3.8) is 0 Å².